The highest BCUT2D eigenvalue weighted by Crippen LogP contribution is 2.24. The van der Waals surface area contributed by atoms with E-state index in [4.69, 9.17) is 9.47 Å². The Morgan fingerprint density at radius 3 is 2.32 bits per heavy atom. The van der Waals surface area contributed by atoms with Gasteiger partial charge in [-0.1, -0.05) is 6.58 Å². The van der Waals surface area contributed by atoms with E-state index in [9.17, 15) is 14.4 Å². The van der Waals surface area contributed by atoms with Gasteiger partial charge in [0.05, 0.1) is 25.9 Å². The van der Waals surface area contributed by atoms with Crippen LogP contribution in [0.25, 0.3) is 0 Å². The van der Waals surface area contributed by atoms with Gasteiger partial charge in [-0.05, 0) is 52.0 Å². The molecule has 7 heteroatoms. The first-order valence-corrected chi connectivity index (χ1v) is 10.2. The minimum atomic E-state index is -0.0116. The van der Waals surface area contributed by atoms with Crippen LogP contribution < -0.4 is 10.6 Å². The molecule has 0 atom stereocenters. The lowest BCUT2D eigenvalue weighted by molar-refractivity contribution is -0.126. The SMILES string of the molecule is C=C(C)C(=O)CCOCCNC(=O)C1CCC(NC(=O)CCOC(C)C)CC1. The Labute approximate surface area is 168 Å². The lowest BCUT2D eigenvalue weighted by Crippen LogP contribution is -2.41. The van der Waals surface area contributed by atoms with E-state index in [0.29, 0.717) is 44.8 Å². The van der Waals surface area contributed by atoms with Crippen LogP contribution in [0, 0.1) is 5.92 Å². The quantitative estimate of drug-likeness (QED) is 0.367. The standard InChI is InChI=1S/C21H36N2O5/c1-15(2)19(24)9-12-27-14-11-22-21(26)17-5-7-18(8-6-17)23-20(25)10-13-28-16(3)4/h16-18H,1,5-14H2,2-4H3,(H,22,26)(H,23,25). The summed E-state index contributed by atoms with van der Waals surface area (Å²) >= 11 is 0. The maximum Gasteiger partial charge on any atom is 0.223 e. The van der Waals surface area contributed by atoms with Gasteiger partial charge < -0.3 is 20.1 Å². The zero-order valence-corrected chi connectivity index (χ0v) is 17.6. The Morgan fingerprint density at radius 2 is 1.71 bits per heavy atom. The molecular weight excluding hydrogens is 360 g/mol. The molecule has 0 aromatic heterocycles. The van der Waals surface area contributed by atoms with Crippen LogP contribution in [0.5, 0.6) is 0 Å². The van der Waals surface area contributed by atoms with Gasteiger partial charge in [-0.2, -0.15) is 0 Å². The summed E-state index contributed by atoms with van der Waals surface area (Å²) in [5, 5.41) is 5.92. The average Bonchev–Trinajstić information content (AvgIpc) is 2.64. The first kappa shape index (κ1) is 24.3. The monoisotopic (exact) mass is 396 g/mol. The third kappa shape index (κ3) is 10.6. The van der Waals surface area contributed by atoms with Gasteiger partial charge in [-0.15, -0.1) is 0 Å². The van der Waals surface area contributed by atoms with Crippen molar-refractivity contribution < 1.29 is 23.9 Å². The van der Waals surface area contributed by atoms with Crippen LogP contribution in [0.15, 0.2) is 12.2 Å². The molecule has 0 radical (unpaired) electrons. The van der Waals surface area contributed by atoms with Crippen molar-refractivity contribution in [2.45, 2.75) is 71.4 Å². The van der Waals surface area contributed by atoms with Gasteiger partial charge in [-0.3, -0.25) is 14.4 Å². The number of hydrogen-bond donors (Lipinski definition) is 2. The van der Waals surface area contributed by atoms with Crippen molar-refractivity contribution in [3.63, 3.8) is 0 Å². The molecule has 1 aliphatic carbocycles. The van der Waals surface area contributed by atoms with Gasteiger partial charge in [-0.25, -0.2) is 0 Å². The van der Waals surface area contributed by atoms with Crippen molar-refractivity contribution in [3.05, 3.63) is 12.2 Å². The lowest BCUT2D eigenvalue weighted by atomic mass is 9.85. The molecule has 0 saturated heterocycles. The van der Waals surface area contributed by atoms with E-state index in [1.807, 2.05) is 13.8 Å². The molecule has 0 heterocycles. The molecule has 0 spiro atoms. The van der Waals surface area contributed by atoms with Crippen LogP contribution in [0.2, 0.25) is 0 Å². The number of ether oxygens (including phenoxy) is 2. The van der Waals surface area contributed by atoms with Gasteiger partial charge in [0.1, 0.15) is 0 Å². The second-order valence-corrected chi connectivity index (χ2v) is 7.64. The zero-order chi connectivity index (χ0) is 20.9. The summed E-state index contributed by atoms with van der Waals surface area (Å²) in [6.45, 7) is 10.8. The highest BCUT2D eigenvalue weighted by Gasteiger charge is 2.26. The molecule has 160 valence electrons. The van der Waals surface area contributed by atoms with E-state index in [1.54, 1.807) is 6.92 Å². The molecule has 0 aromatic rings. The van der Waals surface area contributed by atoms with E-state index in [1.165, 1.54) is 0 Å². The fourth-order valence-corrected chi connectivity index (χ4v) is 3.06. The summed E-state index contributed by atoms with van der Waals surface area (Å²) in [6.07, 6.45) is 3.99. The fourth-order valence-electron chi connectivity index (χ4n) is 3.06. The maximum atomic E-state index is 12.2. The molecule has 1 rings (SSSR count). The molecule has 1 aliphatic rings. The molecule has 0 unspecified atom stereocenters. The average molecular weight is 397 g/mol. The Balaban J connectivity index is 2.09. The number of allylic oxidation sites excluding steroid dienone is 1. The molecule has 0 aromatic carbocycles. The molecule has 0 aliphatic heterocycles. The summed E-state index contributed by atoms with van der Waals surface area (Å²) in [5.41, 5.74) is 0.535. The molecule has 1 fully saturated rings. The third-order valence-electron chi connectivity index (χ3n) is 4.74. The molecule has 0 bridgehead atoms. The molecule has 2 N–H and O–H groups in total. The van der Waals surface area contributed by atoms with Gasteiger partial charge in [0.2, 0.25) is 11.8 Å². The van der Waals surface area contributed by atoms with Crippen molar-refractivity contribution in [1.29, 1.82) is 0 Å². The maximum absolute atomic E-state index is 12.2. The smallest absolute Gasteiger partial charge is 0.223 e. The van der Waals surface area contributed by atoms with Crippen molar-refractivity contribution in [2.24, 2.45) is 5.92 Å². The van der Waals surface area contributed by atoms with Crippen LogP contribution in [-0.2, 0) is 23.9 Å². The summed E-state index contributed by atoms with van der Waals surface area (Å²) in [5.74, 6) is 0.0373. The number of Topliss-reactive ketones (excluding diaryl/α,β-unsaturated/α-hetero) is 1. The van der Waals surface area contributed by atoms with Crippen LogP contribution >= 0.6 is 0 Å². The number of hydrogen-bond acceptors (Lipinski definition) is 5. The van der Waals surface area contributed by atoms with Crippen LogP contribution in [0.4, 0.5) is 0 Å². The number of ketones is 1. The van der Waals surface area contributed by atoms with Crippen LogP contribution in [0.3, 0.4) is 0 Å². The second-order valence-electron chi connectivity index (χ2n) is 7.64. The Hall–Kier alpha value is -1.73. The van der Waals surface area contributed by atoms with E-state index >= 15 is 0 Å². The van der Waals surface area contributed by atoms with Gasteiger partial charge >= 0.3 is 0 Å². The highest BCUT2D eigenvalue weighted by atomic mass is 16.5. The molecule has 2 amide bonds. The molecule has 1 saturated carbocycles. The zero-order valence-electron chi connectivity index (χ0n) is 17.6. The largest absolute Gasteiger partial charge is 0.379 e. The van der Waals surface area contributed by atoms with Crippen LogP contribution in [0.1, 0.15) is 59.3 Å². The Bertz CT molecular complexity index is 525. The van der Waals surface area contributed by atoms with E-state index in [0.717, 1.165) is 25.7 Å². The van der Waals surface area contributed by atoms with E-state index in [2.05, 4.69) is 17.2 Å². The molecule has 28 heavy (non-hydrogen) atoms. The summed E-state index contributed by atoms with van der Waals surface area (Å²) in [6, 6.07) is 0.143. The topological polar surface area (TPSA) is 93.7 Å². The fraction of sp³-hybridized carbons (Fsp3) is 0.762. The van der Waals surface area contributed by atoms with Crippen LogP contribution in [-0.4, -0.2) is 56.1 Å². The number of rotatable bonds is 13. The lowest BCUT2D eigenvalue weighted by Gasteiger charge is -2.28. The Morgan fingerprint density at radius 1 is 1.04 bits per heavy atom. The van der Waals surface area contributed by atoms with Gasteiger partial charge in [0.15, 0.2) is 5.78 Å². The number of nitrogens with one attached hydrogen (secondary N) is 2. The third-order valence-corrected chi connectivity index (χ3v) is 4.74. The number of carbonyl (C=O) groups excluding carboxylic acids is 3. The van der Waals surface area contributed by atoms with Gasteiger partial charge in [0, 0.05) is 31.3 Å². The highest BCUT2D eigenvalue weighted by molar-refractivity contribution is 5.94. The minimum Gasteiger partial charge on any atom is -0.379 e. The van der Waals surface area contributed by atoms with E-state index in [-0.39, 0.29) is 35.7 Å². The van der Waals surface area contributed by atoms with Crippen molar-refractivity contribution >= 4 is 17.6 Å². The second kappa shape index (κ2) is 13.4. The predicted molar refractivity (Wildman–Crippen MR) is 108 cm³/mol. The van der Waals surface area contributed by atoms with E-state index < -0.39 is 0 Å². The predicted octanol–water partition coefficient (Wildman–Crippen LogP) is 2.14. The summed E-state index contributed by atoms with van der Waals surface area (Å²) < 4.78 is 10.8. The summed E-state index contributed by atoms with van der Waals surface area (Å²) in [7, 11) is 0. The molecule has 7 nitrogen and oxygen atoms in total. The Kier molecular flexibility index (Phi) is 11.7. The number of carbonyl (C=O) groups is 3. The molecular formula is C21H36N2O5. The van der Waals surface area contributed by atoms with Crippen molar-refractivity contribution in [3.8, 4) is 0 Å². The van der Waals surface area contributed by atoms with Crippen molar-refractivity contribution in [2.75, 3.05) is 26.4 Å². The minimum absolute atomic E-state index is 0.000310. The van der Waals surface area contributed by atoms with Crippen molar-refractivity contribution in [1.82, 2.24) is 10.6 Å². The number of amides is 2. The normalized spacial score (nSPS) is 19.3. The van der Waals surface area contributed by atoms with Gasteiger partial charge in [0.25, 0.3) is 0 Å². The first-order chi connectivity index (χ1) is 13.3. The summed E-state index contributed by atoms with van der Waals surface area (Å²) in [4.78, 5) is 35.5. The first-order valence-electron chi connectivity index (χ1n) is 10.2.